The number of carbonyl (C=O) groups is 1. The number of imidazole rings is 1. The minimum absolute atomic E-state index is 0.203. The maximum absolute atomic E-state index is 12.0. The number of para-hydroxylation sites is 2. The van der Waals surface area contributed by atoms with Gasteiger partial charge in [0, 0.05) is 18.0 Å². The minimum atomic E-state index is -0.203. The Morgan fingerprint density at radius 1 is 1.16 bits per heavy atom. The quantitative estimate of drug-likeness (QED) is 0.349. The van der Waals surface area contributed by atoms with Gasteiger partial charge >= 0.3 is 0 Å². The van der Waals surface area contributed by atoms with Gasteiger partial charge in [-0.05, 0) is 67.8 Å². The summed E-state index contributed by atoms with van der Waals surface area (Å²) in [6, 6.07) is 15.4. The van der Waals surface area contributed by atoms with E-state index in [1.165, 1.54) is 6.26 Å². The number of carbonyl (C=O) groups excluding carboxylic acids is 1. The third kappa shape index (κ3) is 4.97. The second-order valence-electron chi connectivity index (χ2n) is 7.72. The molecule has 0 unspecified atom stereocenters. The Balaban J connectivity index is 1.39. The molecule has 1 N–H and O–H groups in total. The summed E-state index contributed by atoms with van der Waals surface area (Å²) >= 11 is 6.26. The van der Waals surface area contributed by atoms with Crippen LogP contribution in [0.5, 0.6) is 5.75 Å². The van der Waals surface area contributed by atoms with Gasteiger partial charge in [-0.25, -0.2) is 4.98 Å². The van der Waals surface area contributed by atoms with Crippen LogP contribution < -0.4 is 10.1 Å². The number of rotatable bonds is 9. The zero-order valence-electron chi connectivity index (χ0n) is 18.2. The summed E-state index contributed by atoms with van der Waals surface area (Å²) in [5, 5.41) is 3.66. The highest BCUT2D eigenvalue weighted by Gasteiger charge is 2.12. The molecule has 0 aliphatic heterocycles. The molecule has 4 rings (SSSR count). The van der Waals surface area contributed by atoms with E-state index in [4.69, 9.17) is 25.7 Å². The number of halogens is 1. The number of nitrogens with zero attached hydrogens (tertiary/aromatic N) is 2. The molecule has 0 aliphatic rings. The molecule has 0 bridgehead atoms. The van der Waals surface area contributed by atoms with Crippen LogP contribution in [0.2, 0.25) is 5.02 Å². The first-order valence-corrected chi connectivity index (χ1v) is 11.1. The van der Waals surface area contributed by atoms with Crippen molar-refractivity contribution in [3.05, 3.63) is 82.5 Å². The van der Waals surface area contributed by atoms with Gasteiger partial charge < -0.3 is 19.0 Å². The Morgan fingerprint density at radius 3 is 2.69 bits per heavy atom. The fraction of sp³-hybridized carbons (Fsp3) is 0.280. The Hall–Kier alpha value is -3.25. The lowest BCUT2D eigenvalue weighted by molar-refractivity contribution is 0.0925. The molecule has 0 saturated carbocycles. The predicted octanol–water partition coefficient (Wildman–Crippen LogP) is 5.34. The summed E-state index contributed by atoms with van der Waals surface area (Å²) in [6.45, 7) is 5.70. The highest BCUT2D eigenvalue weighted by molar-refractivity contribution is 6.32. The Bertz CT molecular complexity index is 1190. The molecule has 166 valence electrons. The first-order chi connectivity index (χ1) is 15.5. The topological polar surface area (TPSA) is 69.3 Å². The number of aryl methyl sites for hydroxylation is 3. The van der Waals surface area contributed by atoms with Gasteiger partial charge in [-0.2, -0.15) is 0 Å². The summed E-state index contributed by atoms with van der Waals surface area (Å²) in [7, 11) is 0. The van der Waals surface area contributed by atoms with Gasteiger partial charge in [-0.1, -0.05) is 23.7 Å². The molecule has 6 nitrogen and oxygen atoms in total. The number of hydrogen-bond donors (Lipinski definition) is 1. The lowest BCUT2D eigenvalue weighted by Gasteiger charge is -2.13. The predicted molar refractivity (Wildman–Crippen MR) is 126 cm³/mol. The van der Waals surface area contributed by atoms with E-state index in [1.54, 1.807) is 12.1 Å². The van der Waals surface area contributed by atoms with Crippen LogP contribution in [0.3, 0.4) is 0 Å². The van der Waals surface area contributed by atoms with Crippen molar-refractivity contribution < 1.29 is 13.9 Å². The number of fused-ring (bicyclic) bond motifs is 1. The van der Waals surface area contributed by atoms with Crippen LogP contribution >= 0.6 is 11.6 Å². The molecule has 1 amide bonds. The average molecular weight is 452 g/mol. The van der Waals surface area contributed by atoms with Crippen LogP contribution in [0.25, 0.3) is 11.0 Å². The van der Waals surface area contributed by atoms with Gasteiger partial charge in [0.2, 0.25) is 0 Å². The molecule has 0 spiro atoms. The molecule has 7 heteroatoms. The molecule has 0 radical (unpaired) electrons. The normalized spacial score (nSPS) is 11.1. The molecule has 0 atom stereocenters. The molecule has 0 aliphatic carbocycles. The van der Waals surface area contributed by atoms with Crippen molar-refractivity contribution in [2.75, 3.05) is 13.2 Å². The molecule has 0 saturated heterocycles. The van der Waals surface area contributed by atoms with Gasteiger partial charge in [0.1, 0.15) is 18.2 Å². The first-order valence-electron chi connectivity index (χ1n) is 10.7. The van der Waals surface area contributed by atoms with Crippen molar-refractivity contribution >= 4 is 28.5 Å². The number of nitrogens with one attached hydrogen (secondary N) is 1. The molecule has 2 aromatic carbocycles. The van der Waals surface area contributed by atoms with E-state index >= 15 is 0 Å². The molecule has 0 fully saturated rings. The van der Waals surface area contributed by atoms with Gasteiger partial charge in [-0.15, -0.1) is 0 Å². The second-order valence-corrected chi connectivity index (χ2v) is 8.10. The Morgan fingerprint density at radius 2 is 1.94 bits per heavy atom. The number of amides is 1. The number of benzene rings is 2. The number of furan rings is 1. The van der Waals surface area contributed by atoms with Crippen LogP contribution in [-0.2, 0) is 13.0 Å². The van der Waals surface area contributed by atoms with Crippen molar-refractivity contribution in [3.63, 3.8) is 0 Å². The summed E-state index contributed by atoms with van der Waals surface area (Å²) in [5.74, 6) is 1.91. The van der Waals surface area contributed by atoms with Crippen molar-refractivity contribution in [3.8, 4) is 5.75 Å². The number of hydrogen-bond acceptors (Lipinski definition) is 4. The van der Waals surface area contributed by atoms with Crippen molar-refractivity contribution in [1.82, 2.24) is 14.9 Å². The van der Waals surface area contributed by atoms with E-state index in [0.29, 0.717) is 25.5 Å². The van der Waals surface area contributed by atoms with E-state index in [1.807, 2.05) is 44.2 Å². The van der Waals surface area contributed by atoms with Gasteiger partial charge in [0.25, 0.3) is 5.91 Å². The number of aromatic nitrogens is 2. The first kappa shape index (κ1) is 22.0. The fourth-order valence-electron chi connectivity index (χ4n) is 3.75. The van der Waals surface area contributed by atoms with Gasteiger partial charge in [0.05, 0.1) is 23.8 Å². The van der Waals surface area contributed by atoms with Crippen molar-refractivity contribution in [2.24, 2.45) is 0 Å². The van der Waals surface area contributed by atoms with Crippen molar-refractivity contribution in [1.29, 1.82) is 0 Å². The molecule has 2 heterocycles. The highest BCUT2D eigenvalue weighted by atomic mass is 35.5. The summed E-state index contributed by atoms with van der Waals surface area (Å²) in [6.07, 6.45) is 3.00. The van der Waals surface area contributed by atoms with E-state index in [2.05, 4.69) is 16.0 Å². The fourth-order valence-corrected chi connectivity index (χ4v) is 3.86. The van der Waals surface area contributed by atoms with Crippen LogP contribution in [-0.4, -0.2) is 28.6 Å². The zero-order valence-corrected chi connectivity index (χ0v) is 19.0. The summed E-state index contributed by atoms with van der Waals surface area (Å²) < 4.78 is 13.3. The lowest BCUT2D eigenvalue weighted by atomic mass is 10.1. The third-order valence-corrected chi connectivity index (χ3v) is 5.93. The smallest absolute Gasteiger partial charge is 0.286 e. The monoisotopic (exact) mass is 451 g/mol. The molecule has 2 aromatic heterocycles. The molecule has 32 heavy (non-hydrogen) atoms. The minimum Gasteiger partial charge on any atom is -0.492 e. The second kappa shape index (κ2) is 9.92. The van der Waals surface area contributed by atoms with Crippen LogP contribution in [0.1, 0.15) is 33.9 Å². The van der Waals surface area contributed by atoms with Crippen molar-refractivity contribution in [2.45, 2.75) is 33.2 Å². The average Bonchev–Trinajstić information content (AvgIpc) is 3.43. The summed E-state index contributed by atoms with van der Waals surface area (Å²) in [4.78, 5) is 16.8. The molecule has 4 aromatic rings. The summed E-state index contributed by atoms with van der Waals surface area (Å²) in [5.41, 5.74) is 4.05. The SMILES string of the molecule is Cc1cc(OCCn2c(CCCNC(=O)c3ccco3)nc3ccccc32)cc(C)c1Cl. The van der Waals surface area contributed by atoms with Crippen LogP contribution in [0.15, 0.2) is 59.2 Å². The zero-order chi connectivity index (χ0) is 22.5. The van der Waals surface area contributed by atoms with Crippen LogP contribution in [0, 0.1) is 13.8 Å². The van der Waals surface area contributed by atoms with Crippen LogP contribution in [0.4, 0.5) is 0 Å². The van der Waals surface area contributed by atoms with E-state index in [9.17, 15) is 4.79 Å². The molecular formula is C25H26ClN3O3. The van der Waals surface area contributed by atoms with Gasteiger partial charge in [-0.3, -0.25) is 4.79 Å². The maximum atomic E-state index is 12.0. The van der Waals surface area contributed by atoms with Gasteiger partial charge in [0.15, 0.2) is 5.76 Å². The number of ether oxygens (including phenoxy) is 1. The van der Waals surface area contributed by atoms with E-state index in [0.717, 1.165) is 51.6 Å². The largest absolute Gasteiger partial charge is 0.492 e. The molecular weight excluding hydrogens is 426 g/mol. The van der Waals surface area contributed by atoms with E-state index < -0.39 is 0 Å². The lowest BCUT2D eigenvalue weighted by Crippen LogP contribution is -2.24. The highest BCUT2D eigenvalue weighted by Crippen LogP contribution is 2.26. The Kier molecular flexibility index (Phi) is 6.81. The third-order valence-electron chi connectivity index (χ3n) is 5.33. The standard InChI is InChI=1S/C25H26ClN3O3/c1-17-15-19(16-18(2)24(17)26)31-14-12-29-21-8-4-3-7-20(21)28-23(29)10-5-11-27-25(30)22-9-6-13-32-22/h3-4,6-9,13,15-16H,5,10-12,14H2,1-2H3,(H,27,30). The Labute approximate surface area is 192 Å². The maximum Gasteiger partial charge on any atom is 0.286 e. The van der Waals surface area contributed by atoms with E-state index in [-0.39, 0.29) is 5.91 Å².